The number of aromatic nitrogens is 4. The van der Waals surface area contributed by atoms with Gasteiger partial charge in [0.05, 0.1) is 19.8 Å². The number of aromatic amines is 1. The smallest absolute Gasteiger partial charge is 0.332 e. The summed E-state index contributed by atoms with van der Waals surface area (Å²) in [7, 11) is 2.97. The minimum absolute atomic E-state index is 0.0250. The van der Waals surface area contributed by atoms with Crippen LogP contribution in [0.2, 0.25) is 0 Å². The van der Waals surface area contributed by atoms with E-state index in [1.807, 2.05) is 0 Å². The van der Waals surface area contributed by atoms with Crippen LogP contribution in [0.15, 0.2) is 9.59 Å². The Morgan fingerprint density at radius 2 is 2.05 bits per heavy atom. The van der Waals surface area contributed by atoms with Crippen molar-refractivity contribution in [1.29, 1.82) is 0 Å². The van der Waals surface area contributed by atoms with Gasteiger partial charge in [-0.2, -0.15) is 4.98 Å². The van der Waals surface area contributed by atoms with Gasteiger partial charge in [-0.15, -0.1) is 0 Å². The molecule has 0 unspecified atom stereocenters. The van der Waals surface area contributed by atoms with Crippen LogP contribution in [0.5, 0.6) is 0 Å². The SMILES string of the molecule is Cn1c(=O)c2[nH]c(NCCOCCO)nc2n(C)c1=O. The summed E-state index contributed by atoms with van der Waals surface area (Å²) in [5.41, 5.74) is -0.266. The van der Waals surface area contributed by atoms with Gasteiger partial charge in [0.25, 0.3) is 5.56 Å². The number of aryl methyl sites for hydroxylation is 1. The number of hydrogen-bond acceptors (Lipinski definition) is 6. The molecule has 9 nitrogen and oxygen atoms in total. The first-order chi connectivity index (χ1) is 9.56. The van der Waals surface area contributed by atoms with Crippen molar-refractivity contribution in [2.24, 2.45) is 14.1 Å². The molecule has 0 saturated heterocycles. The molecular weight excluding hydrogens is 266 g/mol. The fourth-order valence-corrected chi connectivity index (χ4v) is 1.82. The number of H-pyrrole nitrogens is 1. The maximum atomic E-state index is 11.9. The van der Waals surface area contributed by atoms with Crippen LogP contribution in [-0.4, -0.2) is 50.6 Å². The Bertz CT molecular complexity index is 714. The van der Waals surface area contributed by atoms with E-state index in [0.717, 1.165) is 4.57 Å². The third-order valence-electron chi connectivity index (χ3n) is 2.87. The molecular formula is C11H17N5O4. The zero-order valence-electron chi connectivity index (χ0n) is 11.3. The van der Waals surface area contributed by atoms with Crippen LogP contribution in [0.4, 0.5) is 5.95 Å². The molecule has 0 radical (unpaired) electrons. The number of nitrogens with one attached hydrogen (secondary N) is 2. The molecule has 0 atom stereocenters. The largest absolute Gasteiger partial charge is 0.394 e. The normalized spacial score (nSPS) is 11.2. The summed E-state index contributed by atoms with van der Waals surface area (Å²) in [6.07, 6.45) is 0. The summed E-state index contributed by atoms with van der Waals surface area (Å²) in [4.78, 5) is 30.7. The highest BCUT2D eigenvalue weighted by molar-refractivity contribution is 5.72. The van der Waals surface area contributed by atoms with E-state index in [1.54, 1.807) is 7.05 Å². The molecule has 0 aliphatic carbocycles. The fraction of sp³-hybridized carbons (Fsp3) is 0.545. The van der Waals surface area contributed by atoms with Gasteiger partial charge in [-0.3, -0.25) is 13.9 Å². The predicted molar refractivity (Wildman–Crippen MR) is 73.0 cm³/mol. The number of nitrogens with zero attached hydrogens (tertiary/aromatic N) is 3. The molecule has 2 rings (SSSR count). The maximum Gasteiger partial charge on any atom is 0.332 e. The molecule has 3 N–H and O–H groups in total. The Kier molecular flexibility index (Phi) is 4.20. The first kappa shape index (κ1) is 14.3. The van der Waals surface area contributed by atoms with Gasteiger partial charge in [0.2, 0.25) is 5.95 Å². The van der Waals surface area contributed by atoms with Crippen LogP contribution in [0.1, 0.15) is 0 Å². The first-order valence-corrected chi connectivity index (χ1v) is 6.14. The highest BCUT2D eigenvalue weighted by Crippen LogP contribution is 2.07. The quantitative estimate of drug-likeness (QED) is 0.549. The molecule has 20 heavy (non-hydrogen) atoms. The van der Waals surface area contributed by atoms with E-state index in [4.69, 9.17) is 9.84 Å². The minimum atomic E-state index is -0.424. The van der Waals surface area contributed by atoms with E-state index < -0.39 is 11.2 Å². The van der Waals surface area contributed by atoms with E-state index >= 15 is 0 Å². The van der Waals surface area contributed by atoms with Gasteiger partial charge in [-0.25, -0.2) is 4.79 Å². The Morgan fingerprint density at radius 1 is 1.30 bits per heavy atom. The van der Waals surface area contributed by atoms with Crippen molar-refractivity contribution in [2.45, 2.75) is 0 Å². The first-order valence-electron chi connectivity index (χ1n) is 6.14. The Labute approximate surface area is 113 Å². The van der Waals surface area contributed by atoms with Gasteiger partial charge in [0.1, 0.15) is 0 Å². The van der Waals surface area contributed by atoms with Crippen LogP contribution in [0.25, 0.3) is 11.2 Å². The number of imidazole rings is 1. The zero-order valence-corrected chi connectivity index (χ0v) is 11.3. The fourth-order valence-electron chi connectivity index (χ4n) is 1.82. The molecule has 0 spiro atoms. The van der Waals surface area contributed by atoms with E-state index in [-0.39, 0.29) is 18.7 Å². The van der Waals surface area contributed by atoms with Crippen molar-refractivity contribution in [1.82, 2.24) is 19.1 Å². The molecule has 0 fully saturated rings. The molecule has 0 bridgehead atoms. The Balaban J connectivity index is 2.22. The predicted octanol–water partition coefficient (Wildman–Crippen LogP) is -1.62. The third kappa shape index (κ3) is 2.58. The second-order valence-electron chi connectivity index (χ2n) is 4.25. The van der Waals surface area contributed by atoms with Gasteiger partial charge in [-0.05, 0) is 0 Å². The van der Waals surface area contributed by atoms with Crippen molar-refractivity contribution in [3.63, 3.8) is 0 Å². The molecule has 0 aliphatic rings. The van der Waals surface area contributed by atoms with Gasteiger partial charge in [0, 0.05) is 20.6 Å². The van der Waals surface area contributed by atoms with Gasteiger partial charge in [-0.1, -0.05) is 0 Å². The minimum Gasteiger partial charge on any atom is -0.394 e. The average molecular weight is 283 g/mol. The van der Waals surface area contributed by atoms with Crippen LogP contribution >= 0.6 is 0 Å². The van der Waals surface area contributed by atoms with Crippen LogP contribution < -0.4 is 16.6 Å². The Hall–Kier alpha value is -2.13. The zero-order chi connectivity index (χ0) is 14.7. The van der Waals surface area contributed by atoms with E-state index in [1.165, 1.54) is 11.6 Å². The summed E-state index contributed by atoms with van der Waals surface area (Å²) in [5, 5.41) is 11.5. The summed E-state index contributed by atoms with van der Waals surface area (Å²) in [6, 6.07) is 0. The molecule has 0 aromatic carbocycles. The summed E-state index contributed by atoms with van der Waals surface area (Å²) >= 11 is 0. The number of hydrogen-bond donors (Lipinski definition) is 3. The highest BCUT2D eigenvalue weighted by atomic mass is 16.5. The van der Waals surface area contributed by atoms with Crippen molar-refractivity contribution in [2.75, 3.05) is 31.7 Å². The number of aliphatic hydroxyl groups excluding tert-OH is 1. The molecule has 0 aliphatic heterocycles. The van der Waals surface area contributed by atoms with Crippen LogP contribution in [-0.2, 0) is 18.8 Å². The van der Waals surface area contributed by atoms with Crippen molar-refractivity contribution in [3.05, 3.63) is 20.8 Å². The number of aliphatic hydroxyl groups is 1. The lowest BCUT2D eigenvalue weighted by atomic mass is 10.5. The molecule has 2 heterocycles. The van der Waals surface area contributed by atoms with Gasteiger partial charge in [0.15, 0.2) is 11.2 Å². The van der Waals surface area contributed by atoms with E-state index in [2.05, 4.69) is 15.3 Å². The molecule has 110 valence electrons. The van der Waals surface area contributed by atoms with Crippen molar-refractivity contribution < 1.29 is 9.84 Å². The summed E-state index contributed by atoms with van der Waals surface area (Å²) in [6.45, 7) is 1.11. The van der Waals surface area contributed by atoms with Crippen LogP contribution in [0, 0.1) is 0 Å². The lowest BCUT2D eigenvalue weighted by Gasteiger charge is -2.02. The summed E-state index contributed by atoms with van der Waals surface area (Å²) in [5.74, 6) is 0.394. The van der Waals surface area contributed by atoms with E-state index in [0.29, 0.717) is 24.7 Å². The molecule has 2 aromatic heterocycles. The highest BCUT2D eigenvalue weighted by Gasteiger charge is 2.12. The third-order valence-corrected chi connectivity index (χ3v) is 2.87. The molecule has 2 aromatic rings. The van der Waals surface area contributed by atoms with Crippen molar-refractivity contribution >= 4 is 17.1 Å². The second kappa shape index (κ2) is 5.88. The number of fused-ring (bicyclic) bond motifs is 1. The van der Waals surface area contributed by atoms with Crippen molar-refractivity contribution in [3.8, 4) is 0 Å². The average Bonchev–Trinajstić information content (AvgIpc) is 2.87. The lowest BCUT2D eigenvalue weighted by molar-refractivity contribution is 0.0991. The Morgan fingerprint density at radius 3 is 2.75 bits per heavy atom. The van der Waals surface area contributed by atoms with E-state index in [9.17, 15) is 9.59 Å². The molecule has 0 saturated carbocycles. The number of rotatable bonds is 6. The lowest BCUT2D eigenvalue weighted by Crippen LogP contribution is -2.36. The monoisotopic (exact) mass is 283 g/mol. The molecule has 0 amide bonds. The molecule has 9 heteroatoms. The van der Waals surface area contributed by atoms with Gasteiger partial charge >= 0.3 is 5.69 Å². The summed E-state index contributed by atoms with van der Waals surface area (Å²) < 4.78 is 7.42. The number of ether oxygens (including phenoxy) is 1. The van der Waals surface area contributed by atoms with Crippen LogP contribution in [0.3, 0.4) is 0 Å². The number of anilines is 1. The standard InChI is InChI=1S/C11H17N5O4/c1-15-8-7(9(18)16(2)11(15)19)13-10(14-8)12-3-5-20-6-4-17/h17H,3-6H2,1-2H3,(H2,12,13,14). The topological polar surface area (TPSA) is 114 Å². The van der Waals surface area contributed by atoms with Gasteiger partial charge < -0.3 is 20.1 Å². The second-order valence-corrected chi connectivity index (χ2v) is 4.25. The maximum absolute atomic E-state index is 11.9.